The summed E-state index contributed by atoms with van der Waals surface area (Å²) in [6.07, 6.45) is 0.720. The molecule has 0 aliphatic rings. The second-order valence-electron chi connectivity index (χ2n) is 4.87. The van der Waals surface area contributed by atoms with E-state index in [0.29, 0.717) is 11.4 Å². The van der Waals surface area contributed by atoms with E-state index >= 15 is 0 Å². The zero-order valence-corrected chi connectivity index (χ0v) is 11.1. The molecule has 0 saturated heterocycles. The molecule has 0 aliphatic carbocycles. The number of fused-ring (bicyclic) bond motifs is 1. The van der Waals surface area contributed by atoms with Crippen molar-refractivity contribution < 1.29 is 15.0 Å². The molecule has 5 heteroatoms. The van der Waals surface area contributed by atoms with Crippen LogP contribution in [0.3, 0.4) is 0 Å². The van der Waals surface area contributed by atoms with E-state index in [1.807, 2.05) is 17.6 Å². The van der Waals surface area contributed by atoms with E-state index in [-0.39, 0.29) is 12.2 Å². The van der Waals surface area contributed by atoms with E-state index in [4.69, 9.17) is 10.2 Å². The molecular formula is C14H18N2O3. The fourth-order valence-electron chi connectivity index (χ4n) is 2.29. The Morgan fingerprint density at radius 2 is 2.21 bits per heavy atom. The summed E-state index contributed by atoms with van der Waals surface area (Å²) in [7, 11) is 0. The van der Waals surface area contributed by atoms with Gasteiger partial charge in [-0.05, 0) is 31.4 Å². The van der Waals surface area contributed by atoms with Crippen LogP contribution >= 0.6 is 0 Å². The first-order valence-corrected chi connectivity index (χ1v) is 6.34. The van der Waals surface area contributed by atoms with Crippen molar-refractivity contribution >= 4 is 17.0 Å². The molecule has 0 saturated carbocycles. The number of benzene rings is 1. The molecule has 0 aliphatic heterocycles. The van der Waals surface area contributed by atoms with E-state index in [9.17, 15) is 4.79 Å². The summed E-state index contributed by atoms with van der Waals surface area (Å²) in [4.78, 5) is 15.5. The van der Waals surface area contributed by atoms with Gasteiger partial charge < -0.3 is 14.8 Å². The average Bonchev–Trinajstić information content (AvgIpc) is 2.66. The highest BCUT2D eigenvalue weighted by atomic mass is 16.4. The third-order valence-electron chi connectivity index (χ3n) is 3.32. The van der Waals surface area contributed by atoms with Crippen LogP contribution in [0.25, 0.3) is 11.0 Å². The number of aryl methyl sites for hydroxylation is 1. The number of aliphatic hydroxyl groups is 1. The van der Waals surface area contributed by atoms with Crippen LogP contribution in [0.2, 0.25) is 0 Å². The van der Waals surface area contributed by atoms with Crippen LogP contribution in [0.5, 0.6) is 0 Å². The van der Waals surface area contributed by atoms with Crippen molar-refractivity contribution in [1.82, 2.24) is 9.55 Å². The van der Waals surface area contributed by atoms with Gasteiger partial charge in [-0.25, -0.2) is 9.78 Å². The molecule has 0 spiro atoms. The standard InChI is InChI=1S/C14H18N2O3/c1-9(6-7-17)8-16-10(2)15-13-11(14(18)19)4-3-5-12(13)16/h3-5,9,17H,6-8H2,1-2H3,(H,18,19). The van der Waals surface area contributed by atoms with Crippen molar-refractivity contribution in [2.45, 2.75) is 26.8 Å². The number of imidazole rings is 1. The molecule has 19 heavy (non-hydrogen) atoms. The Hall–Kier alpha value is -1.88. The third-order valence-corrected chi connectivity index (χ3v) is 3.32. The number of carboxylic acid groups (broad SMARTS) is 1. The third kappa shape index (κ3) is 2.61. The van der Waals surface area contributed by atoms with Crippen molar-refractivity contribution in [1.29, 1.82) is 0 Å². The van der Waals surface area contributed by atoms with Crippen LogP contribution in [-0.2, 0) is 6.54 Å². The van der Waals surface area contributed by atoms with E-state index in [0.717, 1.165) is 24.3 Å². The van der Waals surface area contributed by atoms with Crippen molar-refractivity contribution in [2.75, 3.05) is 6.61 Å². The molecule has 5 nitrogen and oxygen atoms in total. The van der Waals surface area contributed by atoms with E-state index in [1.54, 1.807) is 12.1 Å². The van der Waals surface area contributed by atoms with Gasteiger partial charge in [-0.1, -0.05) is 13.0 Å². The van der Waals surface area contributed by atoms with Crippen LogP contribution < -0.4 is 0 Å². The van der Waals surface area contributed by atoms with E-state index in [2.05, 4.69) is 11.9 Å². The van der Waals surface area contributed by atoms with Crippen LogP contribution in [0.4, 0.5) is 0 Å². The molecule has 2 rings (SSSR count). The van der Waals surface area contributed by atoms with Crippen LogP contribution in [0.15, 0.2) is 18.2 Å². The summed E-state index contributed by atoms with van der Waals surface area (Å²) in [6, 6.07) is 5.19. The quantitative estimate of drug-likeness (QED) is 0.864. The number of aromatic nitrogens is 2. The number of aliphatic hydroxyl groups excluding tert-OH is 1. The van der Waals surface area contributed by atoms with Gasteiger partial charge in [-0.3, -0.25) is 0 Å². The highest BCUT2D eigenvalue weighted by Gasteiger charge is 2.16. The van der Waals surface area contributed by atoms with Gasteiger partial charge >= 0.3 is 5.97 Å². The Kier molecular flexibility index (Phi) is 3.85. The predicted octanol–water partition coefficient (Wildman–Crippen LogP) is 2.06. The van der Waals surface area contributed by atoms with Crippen LogP contribution in [0, 0.1) is 12.8 Å². The number of hydrogen-bond donors (Lipinski definition) is 2. The summed E-state index contributed by atoms with van der Waals surface area (Å²) >= 11 is 0. The molecule has 2 aromatic rings. The first kappa shape index (κ1) is 13.5. The Morgan fingerprint density at radius 3 is 2.84 bits per heavy atom. The number of rotatable bonds is 5. The van der Waals surface area contributed by atoms with Gasteiger partial charge in [-0.15, -0.1) is 0 Å². The maximum Gasteiger partial charge on any atom is 0.337 e. The Bertz CT molecular complexity index is 604. The minimum Gasteiger partial charge on any atom is -0.478 e. The number of carbonyl (C=O) groups is 1. The number of nitrogens with zero attached hydrogens (tertiary/aromatic N) is 2. The van der Waals surface area contributed by atoms with Gasteiger partial charge in [0.15, 0.2) is 0 Å². The minimum atomic E-state index is -0.960. The first-order chi connectivity index (χ1) is 9.04. The molecule has 0 fully saturated rings. The second kappa shape index (κ2) is 5.40. The maximum atomic E-state index is 11.2. The predicted molar refractivity (Wildman–Crippen MR) is 72.3 cm³/mol. The molecule has 2 N–H and O–H groups in total. The molecule has 102 valence electrons. The van der Waals surface area contributed by atoms with Gasteiger partial charge in [0.05, 0.1) is 11.1 Å². The van der Waals surface area contributed by atoms with Crippen LogP contribution in [-0.4, -0.2) is 32.3 Å². The summed E-state index contributed by atoms with van der Waals surface area (Å²) < 4.78 is 2.02. The second-order valence-corrected chi connectivity index (χ2v) is 4.87. The van der Waals surface area contributed by atoms with Crippen molar-refractivity contribution in [3.63, 3.8) is 0 Å². The van der Waals surface area contributed by atoms with Crippen molar-refractivity contribution in [3.05, 3.63) is 29.6 Å². The number of carboxylic acids is 1. The zero-order valence-electron chi connectivity index (χ0n) is 11.1. The monoisotopic (exact) mass is 262 g/mol. The number of hydrogen-bond acceptors (Lipinski definition) is 3. The smallest absolute Gasteiger partial charge is 0.337 e. The molecule has 0 bridgehead atoms. The molecule has 1 aromatic heterocycles. The summed E-state index contributed by atoms with van der Waals surface area (Å²) in [5, 5.41) is 18.1. The average molecular weight is 262 g/mol. The van der Waals surface area contributed by atoms with Gasteiger partial charge in [0, 0.05) is 13.2 Å². The summed E-state index contributed by atoms with van der Waals surface area (Å²) in [6.45, 7) is 4.82. The van der Waals surface area contributed by atoms with Gasteiger partial charge in [0.1, 0.15) is 11.3 Å². The van der Waals surface area contributed by atoms with E-state index in [1.165, 1.54) is 0 Å². The normalized spacial score (nSPS) is 12.8. The Labute approximate surface area is 111 Å². The molecule has 1 unspecified atom stereocenters. The van der Waals surface area contributed by atoms with Crippen LogP contribution in [0.1, 0.15) is 29.5 Å². The number of para-hydroxylation sites is 1. The lowest BCUT2D eigenvalue weighted by molar-refractivity contribution is 0.0699. The largest absolute Gasteiger partial charge is 0.478 e. The number of aromatic carboxylic acids is 1. The fraction of sp³-hybridized carbons (Fsp3) is 0.429. The molecule has 0 radical (unpaired) electrons. The molecule has 1 atom stereocenters. The lowest BCUT2D eigenvalue weighted by atomic mass is 10.1. The topological polar surface area (TPSA) is 75.3 Å². The molecule has 0 amide bonds. The molecule has 1 aromatic carbocycles. The Morgan fingerprint density at radius 1 is 1.47 bits per heavy atom. The van der Waals surface area contributed by atoms with Gasteiger partial charge in [-0.2, -0.15) is 0 Å². The van der Waals surface area contributed by atoms with Crippen molar-refractivity contribution in [3.8, 4) is 0 Å². The highest BCUT2D eigenvalue weighted by Crippen LogP contribution is 2.21. The fourth-order valence-corrected chi connectivity index (χ4v) is 2.29. The first-order valence-electron chi connectivity index (χ1n) is 6.34. The zero-order chi connectivity index (χ0) is 14.0. The SMILES string of the molecule is Cc1nc2c(C(=O)O)cccc2n1CC(C)CCO. The Balaban J connectivity index is 2.48. The van der Waals surface area contributed by atoms with Gasteiger partial charge in [0.2, 0.25) is 0 Å². The maximum absolute atomic E-state index is 11.2. The summed E-state index contributed by atoms with van der Waals surface area (Å²) in [5.41, 5.74) is 1.60. The summed E-state index contributed by atoms with van der Waals surface area (Å²) in [5.74, 6) is 0.154. The molecular weight excluding hydrogens is 244 g/mol. The van der Waals surface area contributed by atoms with Crippen molar-refractivity contribution in [2.24, 2.45) is 5.92 Å². The molecule has 1 heterocycles. The van der Waals surface area contributed by atoms with E-state index < -0.39 is 5.97 Å². The highest BCUT2D eigenvalue weighted by molar-refractivity contribution is 6.01. The lowest BCUT2D eigenvalue weighted by Crippen LogP contribution is -2.10. The minimum absolute atomic E-state index is 0.160. The lowest BCUT2D eigenvalue weighted by Gasteiger charge is -2.13. The van der Waals surface area contributed by atoms with Gasteiger partial charge in [0.25, 0.3) is 0 Å².